The van der Waals surface area contributed by atoms with Gasteiger partial charge in [-0.3, -0.25) is 9.89 Å². The lowest BCUT2D eigenvalue weighted by Gasteiger charge is -2.00. The van der Waals surface area contributed by atoms with E-state index < -0.39 is 0 Å². The number of aryl methyl sites for hydroxylation is 1. The van der Waals surface area contributed by atoms with E-state index in [9.17, 15) is 4.79 Å². The number of nitrogens with zero attached hydrogens (tertiary/aromatic N) is 2. The van der Waals surface area contributed by atoms with E-state index in [2.05, 4.69) is 10.1 Å². The Hall–Kier alpha value is -2.62. The maximum absolute atomic E-state index is 12.4. The summed E-state index contributed by atoms with van der Waals surface area (Å²) in [5.41, 5.74) is 2.32. The molecule has 0 radical (unpaired) electrons. The molecule has 2 heterocycles. The summed E-state index contributed by atoms with van der Waals surface area (Å²) >= 11 is 0. The van der Waals surface area contributed by atoms with Crippen molar-refractivity contribution in [2.45, 2.75) is 6.92 Å². The summed E-state index contributed by atoms with van der Waals surface area (Å²) in [6.07, 6.45) is 1.71. The van der Waals surface area contributed by atoms with Gasteiger partial charge in [-0.2, -0.15) is 0 Å². The van der Waals surface area contributed by atoms with E-state index in [1.54, 1.807) is 12.3 Å². The van der Waals surface area contributed by atoms with Crippen LogP contribution in [0.5, 0.6) is 0 Å². The van der Waals surface area contributed by atoms with Crippen LogP contribution in [0.1, 0.15) is 5.69 Å². The quantitative estimate of drug-likeness (QED) is 0.761. The van der Waals surface area contributed by atoms with Crippen LogP contribution in [0.4, 0.5) is 0 Å². The molecule has 4 heteroatoms. The lowest BCUT2D eigenvalue weighted by molar-refractivity contribution is 0.814. The van der Waals surface area contributed by atoms with Crippen LogP contribution < -0.4 is 5.56 Å². The van der Waals surface area contributed by atoms with Crippen LogP contribution in [0.2, 0.25) is 0 Å². The van der Waals surface area contributed by atoms with E-state index >= 15 is 0 Å². The zero-order chi connectivity index (χ0) is 13.2. The molecule has 0 fully saturated rings. The lowest BCUT2D eigenvalue weighted by Crippen LogP contribution is -2.17. The van der Waals surface area contributed by atoms with E-state index in [0.717, 1.165) is 11.3 Å². The molecule has 19 heavy (non-hydrogen) atoms. The molecule has 4 nitrogen and oxygen atoms in total. The fourth-order valence-electron chi connectivity index (χ4n) is 2.02. The van der Waals surface area contributed by atoms with Crippen molar-refractivity contribution in [3.63, 3.8) is 0 Å². The maximum atomic E-state index is 12.4. The van der Waals surface area contributed by atoms with Gasteiger partial charge in [0.15, 0.2) is 5.82 Å². The van der Waals surface area contributed by atoms with Crippen molar-refractivity contribution >= 4 is 0 Å². The Morgan fingerprint density at radius 2 is 1.84 bits per heavy atom. The molecule has 3 rings (SSSR count). The van der Waals surface area contributed by atoms with Gasteiger partial charge in [0.05, 0.1) is 5.56 Å². The Labute approximate surface area is 110 Å². The van der Waals surface area contributed by atoms with Crippen LogP contribution in [0.25, 0.3) is 16.9 Å². The molecule has 1 N–H and O–H groups in total. The van der Waals surface area contributed by atoms with Crippen molar-refractivity contribution in [2.24, 2.45) is 0 Å². The summed E-state index contributed by atoms with van der Waals surface area (Å²) in [6.45, 7) is 1.90. The van der Waals surface area contributed by atoms with Gasteiger partial charge < -0.3 is 0 Å². The molecule has 0 aliphatic carbocycles. The molecule has 0 aliphatic rings. The van der Waals surface area contributed by atoms with Gasteiger partial charge in [-0.15, -0.1) is 0 Å². The first-order valence-corrected chi connectivity index (χ1v) is 6.05. The van der Waals surface area contributed by atoms with E-state index in [0.29, 0.717) is 11.4 Å². The minimum Gasteiger partial charge on any atom is -0.296 e. The first-order chi connectivity index (χ1) is 9.25. The molecule has 0 spiro atoms. The second-order valence-corrected chi connectivity index (χ2v) is 4.33. The van der Waals surface area contributed by atoms with E-state index in [1.165, 1.54) is 4.68 Å². The third-order valence-corrected chi connectivity index (χ3v) is 2.96. The van der Waals surface area contributed by atoms with Crippen molar-refractivity contribution in [3.8, 4) is 16.9 Å². The Morgan fingerprint density at radius 3 is 2.58 bits per heavy atom. The van der Waals surface area contributed by atoms with Gasteiger partial charge in [0.25, 0.3) is 5.56 Å². The van der Waals surface area contributed by atoms with Crippen molar-refractivity contribution < 1.29 is 0 Å². The van der Waals surface area contributed by atoms with Gasteiger partial charge in [-0.1, -0.05) is 36.4 Å². The highest BCUT2D eigenvalue weighted by atomic mass is 16.1. The third-order valence-electron chi connectivity index (χ3n) is 2.96. The molecule has 0 amide bonds. The standard InChI is InChI=1S/C15H13N3O/c1-11-6-5-9-14(17-11)18-15(19)13(10-16-18)12-7-3-2-4-8-12/h2-10,16H,1H3. The Morgan fingerprint density at radius 1 is 1.05 bits per heavy atom. The number of benzene rings is 1. The molecule has 0 saturated carbocycles. The molecule has 1 aromatic carbocycles. The molecule has 3 aromatic rings. The topological polar surface area (TPSA) is 50.7 Å². The second kappa shape index (κ2) is 4.57. The zero-order valence-electron chi connectivity index (χ0n) is 10.5. The summed E-state index contributed by atoms with van der Waals surface area (Å²) in [5, 5.41) is 2.96. The van der Waals surface area contributed by atoms with Crippen LogP contribution in [-0.4, -0.2) is 14.8 Å². The van der Waals surface area contributed by atoms with Gasteiger partial charge in [0.2, 0.25) is 0 Å². The predicted octanol–water partition coefficient (Wildman–Crippen LogP) is 2.54. The molecule has 0 saturated heterocycles. The highest BCUT2D eigenvalue weighted by molar-refractivity contribution is 5.61. The molecule has 2 aromatic heterocycles. The highest BCUT2D eigenvalue weighted by Gasteiger charge is 2.10. The Bertz CT molecular complexity index is 756. The number of pyridine rings is 1. The van der Waals surface area contributed by atoms with Crippen molar-refractivity contribution in [2.75, 3.05) is 0 Å². The molecule has 94 valence electrons. The summed E-state index contributed by atoms with van der Waals surface area (Å²) in [6, 6.07) is 15.2. The number of hydrogen-bond acceptors (Lipinski definition) is 2. The average Bonchev–Trinajstić information content (AvgIpc) is 2.81. The van der Waals surface area contributed by atoms with E-state index in [-0.39, 0.29) is 5.56 Å². The molecule has 0 bridgehead atoms. The number of hydrogen-bond donors (Lipinski definition) is 1. The Kier molecular flexibility index (Phi) is 2.76. The zero-order valence-corrected chi connectivity index (χ0v) is 10.5. The van der Waals surface area contributed by atoms with Gasteiger partial charge in [-0.05, 0) is 24.6 Å². The van der Waals surface area contributed by atoms with Crippen molar-refractivity contribution in [1.29, 1.82) is 0 Å². The average molecular weight is 251 g/mol. The first kappa shape index (κ1) is 11.5. The van der Waals surface area contributed by atoms with Gasteiger partial charge >= 0.3 is 0 Å². The van der Waals surface area contributed by atoms with Crippen molar-refractivity contribution in [1.82, 2.24) is 14.8 Å². The van der Waals surface area contributed by atoms with Crippen LogP contribution in [-0.2, 0) is 0 Å². The first-order valence-electron chi connectivity index (χ1n) is 6.05. The molecule has 0 aliphatic heterocycles. The Balaban J connectivity index is 2.12. The van der Waals surface area contributed by atoms with Gasteiger partial charge in [0.1, 0.15) is 0 Å². The lowest BCUT2D eigenvalue weighted by atomic mass is 10.1. The van der Waals surface area contributed by atoms with Crippen LogP contribution >= 0.6 is 0 Å². The number of rotatable bonds is 2. The monoisotopic (exact) mass is 251 g/mol. The normalized spacial score (nSPS) is 10.6. The summed E-state index contributed by atoms with van der Waals surface area (Å²) in [7, 11) is 0. The highest BCUT2D eigenvalue weighted by Crippen LogP contribution is 2.14. The van der Waals surface area contributed by atoms with Gasteiger partial charge in [0, 0.05) is 11.9 Å². The summed E-state index contributed by atoms with van der Waals surface area (Å²) in [4.78, 5) is 16.7. The smallest absolute Gasteiger partial charge is 0.280 e. The summed E-state index contributed by atoms with van der Waals surface area (Å²) in [5.74, 6) is 0.604. The SMILES string of the molecule is Cc1cccc(-n2[nH]cc(-c3ccccc3)c2=O)n1. The van der Waals surface area contributed by atoms with E-state index in [1.807, 2.05) is 49.4 Å². The number of nitrogens with one attached hydrogen (secondary N) is 1. The predicted molar refractivity (Wildman–Crippen MR) is 74.4 cm³/mol. The van der Waals surface area contributed by atoms with Gasteiger partial charge in [-0.25, -0.2) is 9.67 Å². The number of aromatic nitrogens is 3. The largest absolute Gasteiger partial charge is 0.296 e. The molecule has 0 atom stereocenters. The fraction of sp³-hybridized carbons (Fsp3) is 0.0667. The van der Waals surface area contributed by atoms with Crippen molar-refractivity contribution in [3.05, 3.63) is 70.8 Å². The van der Waals surface area contributed by atoms with E-state index in [4.69, 9.17) is 0 Å². The van der Waals surface area contributed by atoms with Crippen LogP contribution in [0, 0.1) is 6.92 Å². The van der Waals surface area contributed by atoms with Crippen LogP contribution in [0.3, 0.4) is 0 Å². The maximum Gasteiger partial charge on any atom is 0.280 e. The second-order valence-electron chi connectivity index (χ2n) is 4.33. The molecular formula is C15H13N3O. The third kappa shape index (κ3) is 2.08. The molecule has 0 unspecified atom stereocenters. The number of H-pyrrole nitrogens is 1. The summed E-state index contributed by atoms with van der Waals surface area (Å²) < 4.78 is 1.45. The fourth-order valence-corrected chi connectivity index (χ4v) is 2.02. The molecular weight excluding hydrogens is 238 g/mol. The van der Waals surface area contributed by atoms with Crippen LogP contribution in [0.15, 0.2) is 59.5 Å². The minimum atomic E-state index is -0.0932. The number of aromatic amines is 1. The minimum absolute atomic E-state index is 0.0932.